The molecule has 0 radical (unpaired) electrons. The standard InChI is InChI=1S/C31H55FN6O6Si2.C20H31FN6O4/c1-13-14-15-16-40-30(39)36-29-34-26(37(11)12)24-27(35-29)38(18-33-24)28-31(10,32)25-23(42-28)17-41-45(19(2)3,20(4)5)44-46(43-25,21(6)7)22(8)9;1-5-6-7-8-9-13(29)23-19-24-16(26(3)4)14-17(25-19)27(11-22-14)18-20(2,21)15(30)12(10-28)31-18/h18-23,25,28H,13-17H2,1-12H3,(H,34,35,36,39);11-12,15,18,28,30H,5-10H2,1-4H3,(H,23,24,25,29)/t23-,25-,28-,31-;12-,15-,18-,20-/m11/s1. The lowest BCUT2D eigenvalue weighted by molar-refractivity contribution is -0.116. The maximum absolute atomic E-state index is 17.4. The molecule has 7 heterocycles. The summed E-state index contributed by atoms with van der Waals surface area (Å²) in [6.07, 6.45) is 2.57. The number of unbranched alkanes of at least 4 members (excludes halogenated alkanes) is 5. The molecular formula is C51H86F2N12O10Si2. The number of aromatic nitrogens is 8. The van der Waals surface area contributed by atoms with Crippen molar-refractivity contribution >= 4 is 75.0 Å². The average molecular weight is 1120 g/mol. The van der Waals surface area contributed by atoms with Gasteiger partial charge in [0.1, 0.15) is 24.4 Å². The van der Waals surface area contributed by atoms with Crippen LogP contribution in [0, 0.1) is 0 Å². The summed E-state index contributed by atoms with van der Waals surface area (Å²) in [6, 6.07) is 0. The number of carbonyl (C=O) groups is 2. The average Bonchev–Trinajstić information content (AvgIpc) is 4.20. The lowest BCUT2D eigenvalue weighted by atomic mass is 9.98. The van der Waals surface area contributed by atoms with Crippen LogP contribution in [0.25, 0.3) is 22.3 Å². The van der Waals surface area contributed by atoms with Crippen LogP contribution < -0.4 is 20.4 Å². The summed E-state index contributed by atoms with van der Waals surface area (Å²) >= 11 is 0. The number of anilines is 4. The molecule has 26 heteroatoms. The van der Waals surface area contributed by atoms with Crippen molar-refractivity contribution in [2.24, 2.45) is 0 Å². The molecule has 0 saturated carbocycles. The van der Waals surface area contributed by atoms with E-state index < -0.39 is 78.0 Å². The molecule has 0 aliphatic carbocycles. The van der Waals surface area contributed by atoms with Crippen LogP contribution in [0.4, 0.5) is 37.1 Å². The highest BCUT2D eigenvalue weighted by Gasteiger charge is 2.65. The van der Waals surface area contributed by atoms with Gasteiger partial charge in [0.15, 0.2) is 57.8 Å². The first kappa shape index (κ1) is 61.7. The second kappa shape index (κ2) is 25.3. The summed E-state index contributed by atoms with van der Waals surface area (Å²) in [4.78, 5) is 55.1. The number of halogens is 2. The number of rotatable bonds is 20. The SMILES string of the molecule is CCCCCCC(=O)Nc1nc(N(C)C)c2ncn([C@@H]3O[C@H](CO)[C@@H](O)[C@@]3(C)F)c2n1.CCCCCOC(=O)Nc1nc(N(C)C)c2ncn([C@@H]3O[C@@H]4CO[Si](C(C)C)(C(C)C)O[Si](C(C)C)(C(C)C)O[C@H]4[C@@]3(C)F)c2n1. The Morgan fingerprint density at radius 2 is 1.26 bits per heavy atom. The molecule has 3 aliphatic heterocycles. The molecule has 3 aliphatic rings. The van der Waals surface area contributed by atoms with Crippen molar-refractivity contribution in [3.63, 3.8) is 0 Å². The summed E-state index contributed by atoms with van der Waals surface area (Å²) in [6.45, 7) is 23.8. The number of aliphatic hydroxyl groups is 2. The summed E-state index contributed by atoms with van der Waals surface area (Å²) in [7, 11) is 1.24. The molecule has 0 spiro atoms. The number of amides is 2. The third kappa shape index (κ3) is 12.7. The van der Waals surface area contributed by atoms with Gasteiger partial charge in [-0.1, -0.05) is 101 Å². The summed E-state index contributed by atoms with van der Waals surface area (Å²) in [5, 5.41) is 24.9. The molecule has 432 valence electrons. The molecule has 4 aromatic heterocycles. The Bertz CT molecular complexity index is 2600. The topological polar surface area (TPSA) is 248 Å². The Morgan fingerprint density at radius 1 is 0.753 bits per heavy atom. The van der Waals surface area contributed by atoms with Crippen molar-refractivity contribution in [1.82, 2.24) is 39.0 Å². The third-order valence-electron chi connectivity index (χ3n) is 14.8. The summed E-state index contributed by atoms with van der Waals surface area (Å²) in [5.74, 6) is 0.804. The lowest BCUT2D eigenvalue weighted by Crippen LogP contribution is -2.66. The number of nitrogens with one attached hydrogen (secondary N) is 2. The Balaban J connectivity index is 0.000000269. The van der Waals surface area contributed by atoms with Gasteiger partial charge in [-0.3, -0.25) is 24.6 Å². The van der Waals surface area contributed by atoms with E-state index in [1.165, 1.54) is 31.1 Å². The number of carbonyl (C=O) groups excluding carboxylic acids is 2. The van der Waals surface area contributed by atoms with Gasteiger partial charge in [-0.2, -0.15) is 19.9 Å². The molecule has 7 rings (SSSR count). The van der Waals surface area contributed by atoms with Crippen molar-refractivity contribution in [1.29, 1.82) is 0 Å². The van der Waals surface area contributed by atoms with E-state index in [1.54, 1.807) is 28.5 Å². The quantitative estimate of drug-likeness (QED) is 0.0476. The summed E-state index contributed by atoms with van der Waals surface area (Å²) in [5.41, 5.74) is -2.44. The number of nitrogens with zero attached hydrogens (tertiary/aromatic N) is 10. The predicted octanol–water partition coefficient (Wildman–Crippen LogP) is 8.99. The predicted molar refractivity (Wildman–Crippen MR) is 295 cm³/mol. The van der Waals surface area contributed by atoms with Crippen molar-refractivity contribution in [3.05, 3.63) is 12.7 Å². The fourth-order valence-electron chi connectivity index (χ4n) is 10.4. The van der Waals surface area contributed by atoms with Crippen LogP contribution in [-0.2, 0) is 32.0 Å². The molecule has 3 saturated heterocycles. The minimum atomic E-state index is -3.09. The van der Waals surface area contributed by atoms with Crippen LogP contribution in [0.1, 0.15) is 147 Å². The number of imidazole rings is 2. The molecule has 8 atom stereocenters. The van der Waals surface area contributed by atoms with E-state index in [9.17, 15) is 19.8 Å². The number of aliphatic hydroxyl groups excluding tert-OH is 2. The second-order valence-electron chi connectivity index (χ2n) is 22.5. The largest absolute Gasteiger partial charge is 0.449 e. The molecule has 4 aromatic rings. The van der Waals surface area contributed by atoms with Crippen LogP contribution in [-0.4, -0.2) is 162 Å². The molecule has 2 amide bonds. The van der Waals surface area contributed by atoms with Crippen molar-refractivity contribution < 1.29 is 55.8 Å². The first-order valence-corrected chi connectivity index (χ1v) is 31.2. The second-order valence-corrected chi connectivity index (χ2v) is 31.3. The van der Waals surface area contributed by atoms with Crippen LogP contribution in [0.5, 0.6) is 0 Å². The van der Waals surface area contributed by atoms with Crippen LogP contribution in [0.3, 0.4) is 0 Å². The molecule has 0 aromatic carbocycles. The maximum Gasteiger partial charge on any atom is 0.414 e. The molecule has 4 N–H and O–H groups in total. The van der Waals surface area contributed by atoms with Gasteiger partial charge < -0.3 is 47.2 Å². The molecular weight excluding hydrogens is 1030 g/mol. The Morgan fingerprint density at radius 3 is 1.74 bits per heavy atom. The lowest BCUT2D eigenvalue weighted by Gasteiger charge is -2.51. The van der Waals surface area contributed by atoms with Crippen LogP contribution >= 0.6 is 0 Å². The number of alkyl halides is 2. The van der Waals surface area contributed by atoms with E-state index in [-0.39, 0.29) is 52.2 Å². The zero-order chi connectivity index (χ0) is 56.9. The van der Waals surface area contributed by atoms with E-state index in [0.717, 1.165) is 44.9 Å². The zero-order valence-corrected chi connectivity index (χ0v) is 50.1. The van der Waals surface area contributed by atoms with E-state index in [1.807, 2.05) is 14.1 Å². The van der Waals surface area contributed by atoms with Crippen LogP contribution in [0.2, 0.25) is 22.2 Å². The molecule has 0 bridgehead atoms. The highest BCUT2D eigenvalue weighted by molar-refractivity contribution is 6.84. The Labute approximate surface area is 454 Å². The molecule has 0 unspecified atom stereocenters. The first-order valence-electron chi connectivity index (χ1n) is 27.3. The van der Waals surface area contributed by atoms with Gasteiger partial charge in [0.2, 0.25) is 17.8 Å². The minimum Gasteiger partial charge on any atom is -0.449 e. The normalized spacial score (nSPS) is 26.0. The van der Waals surface area contributed by atoms with E-state index in [0.29, 0.717) is 41.3 Å². The summed E-state index contributed by atoms with van der Waals surface area (Å²) < 4.78 is 74.3. The van der Waals surface area contributed by atoms with Crippen molar-refractivity contribution in [2.45, 2.75) is 205 Å². The number of fused-ring (bicyclic) bond motifs is 3. The van der Waals surface area contributed by atoms with Gasteiger partial charge in [-0.15, -0.1) is 0 Å². The smallest absolute Gasteiger partial charge is 0.414 e. The Kier molecular flexibility index (Phi) is 20.2. The van der Waals surface area contributed by atoms with E-state index in [2.05, 4.69) is 110 Å². The van der Waals surface area contributed by atoms with Crippen molar-refractivity contribution in [2.75, 3.05) is 68.4 Å². The van der Waals surface area contributed by atoms with Gasteiger partial charge in [-0.25, -0.2) is 23.5 Å². The van der Waals surface area contributed by atoms with Gasteiger partial charge in [-0.05, 0) is 48.9 Å². The Hall–Kier alpha value is -4.55. The van der Waals surface area contributed by atoms with Gasteiger partial charge >= 0.3 is 23.2 Å². The number of hydrogen-bond acceptors (Lipinski definition) is 18. The molecule has 3 fully saturated rings. The molecule has 77 heavy (non-hydrogen) atoms. The maximum atomic E-state index is 17.4. The van der Waals surface area contributed by atoms with Gasteiger partial charge in [0.05, 0.1) is 32.5 Å². The first-order chi connectivity index (χ1) is 36.2. The highest BCUT2D eigenvalue weighted by Crippen LogP contribution is 2.52. The minimum absolute atomic E-state index is 0.0201. The fourth-order valence-corrected chi connectivity index (χ4v) is 21.7. The fraction of sp³-hybridized carbons (Fsp3) is 0.765. The number of hydrogen-bond donors (Lipinski definition) is 4. The van der Waals surface area contributed by atoms with E-state index >= 15 is 8.78 Å². The van der Waals surface area contributed by atoms with E-state index in [4.69, 9.17) is 27.2 Å². The number of ether oxygens (including phenoxy) is 3. The van der Waals surface area contributed by atoms with Crippen LogP contribution in [0.15, 0.2) is 12.7 Å². The third-order valence-corrected chi connectivity index (χ3v) is 25.0. The monoisotopic (exact) mass is 1120 g/mol. The zero-order valence-electron chi connectivity index (χ0n) is 48.1. The van der Waals surface area contributed by atoms with Crippen molar-refractivity contribution in [3.8, 4) is 0 Å². The van der Waals surface area contributed by atoms with Gasteiger partial charge in [0, 0.05) is 34.6 Å². The highest BCUT2D eigenvalue weighted by atomic mass is 28.5. The molecule has 22 nitrogen and oxygen atoms in total. The van der Waals surface area contributed by atoms with Gasteiger partial charge in [0.25, 0.3) is 0 Å².